The van der Waals surface area contributed by atoms with Crippen molar-refractivity contribution in [3.63, 3.8) is 0 Å². The number of nitriles is 1. The van der Waals surface area contributed by atoms with Crippen LogP contribution in [0.1, 0.15) is 37.4 Å². The molecule has 0 spiro atoms. The van der Waals surface area contributed by atoms with E-state index in [1.807, 2.05) is 48.5 Å². The lowest BCUT2D eigenvalue weighted by atomic mass is 10.1. The lowest BCUT2D eigenvalue weighted by Gasteiger charge is -2.18. The summed E-state index contributed by atoms with van der Waals surface area (Å²) in [5.41, 5.74) is 6.86. The van der Waals surface area contributed by atoms with Crippen LogP contribution in [0, 0.1) is 11.3 Å². The van der Waals surface area contributed by atoms with Crippen LogP contribution in [-0.4, -0.2) is 18.0 Å². The smallest absolute Gasteiger partial charge is 0.271 e. The second kappa shape index (κ2) is 8.40. The number of amides is 2. The first-order valence-corrected chi connectivity index (χ1v) is 10.4. The summed E-state index contributed by atoms with van der Waals surface area (Å²) >= 11 is 0. The Kier molecular flexibility index (Phi) is 5.13. The van der Waals surface area contributed by atoms with Crippen molar-refractivity contribution in [1.29, 1.82) is 5.26 Å². The number of hydrogen-bond acceptors (Lipinski definition) is 4. The van der Waals surface area contributed by atoms with Gasteiger partial charge in [0.05, 0.1) is 30.1 Å². The summed E-state index contributed by atoms with van der Waals surface area (Å²) in [6, 6.07) is 27.8. The first kappa shape index (κ1) is 20.2. The van der Waals surface area contributed by atoms with Gasteiger partial charge in [-0.05, 0) is 52.9 Å². The van der Waals surface area contributed by atoms with Gasteiger partial charge in [-0.15, -0.1) is 0 Å². The number of benzene rings is 4. The molecule has 0 bridgehead atoms. The van der Waals surface area contributed by atoms with E-state index in [1.165, 1.54) is 6.21 Å². The van der Waals surface area contributed by atoms with Crippen LogP contribution in [0.25, 0.3) is 10.8 Å². The Hall–Kier alpha value is -4.76. The highest BCUT2D eigenvalue weighted by atomic mass is 16.2. The molecule has 1 heterocycles. The van der Waals surface area contributed by atoms with E-state index < -0.39 is 0 Å². The van der Waals surface area contributed by atoms with Gasteiger partial charge in [-0.1, -0.05) is 48.5 Å². The minimum Gasteiger partial charge on any atom is -0.303 e. The van der Waals surface area contributed by atoms with Gasteiger partial charge in [0, 0.05) is 16.5 Å². The first-order chi connectivity index (χ1) is 16.1. The van der Waals surface area contributed by atoms with E-state index in [1.54, 1.807) is 41.3 Å². The lowest BCUT2D eigenvalue weighted by molar-refractivity contribution is 0.0953. The molecule has 1 aliphatic heterocycles. The van der Waals surface area contributed by atoms with Gasteiger partial charge in [0.2, 0.25) is 0 Å². The molecule has 0 saturated heterocycles. The fraction of sp³-hybridized carbons (Fsp3) is 0.0370. The maximum Gasteiger partial charge on any atom is 0.271 e. The maximum atomic E-state index is 13.0. The quantitative estimate of drug-likeness (QED) is 0.370. The zero-order valence-electron chi connectivity index (χ0n) is 17.5. The second-order valence-electron chi connectivity index (χ2n) is 7.70. The van der Waals surface area contributed by atoms with Crippen molar-refractivity contribution >= 4 is 34.5 Å². The number of hydrazone groups is 1. The highest BCUT2D eigenvalue weighted by Crippen LogP contribution is 2.37. The number of hydrogen-bond donors (Lipinski definition) is 1. The molecule has 158 valence electrons. The zero-order valence-corrected chi connectivity index (χ0v) is 17.5. The van der Waals surface area contributed by atoms with E-state index in [9.17, 15) is 9.59 Å². The number of nitrogens with zero attached hydrogens (tertiary/aromatic N) is 3. The number of carbonyl (C=O) groups excluding carboxylic acids is 2. The van der Waals surface area contributed by atoms with Gasteiger partial charge in [-0.3, -0.25) is 9.59 Å². The van der Waals surface area contributed by atoms with Crippen molar-refractivity contribution in [3.05, 3.63) is 113 Å². The van der Waals surface area contributed by atoms with Crippen molar-refractivity contribution in [1.82, 2.24) is 5.43 Å². The summed E-state index contributed by atoms with van der Waals surface area (Å²) in [5.74, 6) is -0.346. The van der Waals surface area contributed by atoms with Gasteiger partial charge >= 0.3 is 0 Å². The third-order valence-corrected chi connectivity index (χ3v) is 5.63. The van der Waals surface area contributed by atoms with Gasteiger partial charge < -0.3 is 4.90 Å². The molecule has 4 aromatic rings. The Morgan fingerprint density at radius 3 is 2.42 bits per heavy atom. The SMILES string of the molecule is N#Cc1ccc(C=NNC(=O)c2ccc(CN3C(=O)c4cccc5cccc3c45)cc2)cc1. The normalized spacial score (nSPS) is 12.3. The Morgan fingerprint density at radius 1 is 0.970 bits per heavy atom. The van der Waals surface area contributed by atoms with E-state index in [-0.39, 0.29) is 11.8 Å². The molecular weight excluding hydrogens is 412 g/mol. The molecule has 1 aliphatic rings. The Balaban J connectivity index is 1.26. The molecule has 2 amide bonds. The molecule has 4 aromatic carbocycles. The summed E-state index contributed by atoms with van der Waals surface area (Å²) < 4.78 is 0. The van der Waals surface area contributed by atoms with Crippen molar-refractivity contribution in [2.24, 2.45) is 5.10 Å². The van der Waals surface area contributed by atoms with Crippen molar-refractivity contribution < 1.29 is 9.59 Å². The average Bonchev–Trinajstić information content (AvgIpc) is 3.13. The monoisotopic (exact) mass is 430 g/mol. The first-order valence-electron chi connectivity index (χ1n) is 10.4. The molecule has 0 atom stereocenters. The van der Waals surface area contributed by atoms with Gasteiger partial charge in [0.25, 0.3) is 11.8 Å². The zero-order chi connectivity index (χ0) is 22.8. The largest absolute Gasteiger partial charge is 0.303 e. The molecule has 0 unspecified atom stereocenters. The topological polar surface area (TPSA) is 85.6 Å². The van der Waals surface area contributed by atoms with Crippen molar-refractivity contribution in [2.45, 2.75) is 6.54 Å². The lowest BCUT2D eigenvalue weighted by Crippen LogP contribution is -2.26. The van der Waals surface area contributed by atoms with Crippen molar-refractivity contribution in [3.8, 4) is 6.07 Å². The predicted molar refractivity (Wildman–Crippen MR) is 127 cm³/mol. The second-order valence-corrected chi connectivity index (χ2v) is 7.70. The van der Waals surface area contributed by atoms with Crippen LogP contribution in [-0.2, 0) is 6.54 Å². The minimum atomic E-state index is -0.333. The maximum absolute atomic E-state index is 13.0. The molecule has 33 heavy (non-hydrogen) atoms. The summed E-state index contributed by atoms with van der Waals surface area (Å²) in [6.07, 6.45) is 1.52. The minimum absolute atomic E-state index is 0.0132. The summed E-state index contributed by atoms with van der Waals surface area (Å²) in [4.78, 5) is 27.1. The van der Waals surface area contributed by atoms with E-state index in [4.69, 9.17) is 5.26 Å². The highest BCUT2D eigenvalue weighted by Gasteiger charge is 2.29. The van der Waals surface area contributed by atoms with Crippen LogP contribution < -0.4 is 10.3 Å². The van der Waals surface area contributed by atoms with Gasteiger partial charge in [-0.2, -0.15) is 10.4 Å². The van der Waals surface area contributed by atoms with Crippen LogP contribution in [0.4, 0.5) is 5.69 Å². The fourth-order valence-electron chi connectivity index (χ4n) is 3.95. The molecule has 0 saturated carbocycles. The van der Waals surface area contributed by atoms with Gasteiger partial charge in [0.15, 0.2) is 0 Å². The highest BCUT2D eigenvalue weighted by molar-refractivity contribution is 6.24. The van der Waals surface area contributed by atoms with Crippen LogP contribution in [0.15, 0.2) is 90.0 Å². The summed E-state index contributed by atoms with van der Waals surface area (Å²) in [5, 5.41) is 14.8. The Bertz CT molecular complexity index is 1440. The van der Waals surface area contributed by atoms with Crippen LogP contribution >= 0.6 is 0 Å². The van der Waals surface area contributed by atoms with E-state index in [0.29, 0.717) is 17.7 Å². The molecule has 6 nitrogen and oxygen atoms in total. The molecule has 0 fully saturated rings. The molecule has 0 radical (unpaired) electrons. The fourth-order valence-corrected chi connectivity index (χ4v) is 3.95. The molecule has 5 rings (SSSR count). The van der Waals surface area contributed by atoms with Gasteiger partial charge in [0.1, 0.15) is 0 Å². The third-order valence-electron chi connectivity index (χ3n) is 5.63. The van der Waals surface area contributed by atoms with E-state index in [2.05, 4.69) is 16.6 Å². The standard InChI is InChI=1S/C27H18N4O2/c28-15-18-7-9-19(10-8-18)16-29-30-26(32)22-13-11-20(12-14-22)17-31-24-6-2-4-21-3-1-5-23(25(21)24)27(31)33/h1-14,16H,17H2,(H,30,32). The van der Waals surface area contributed by atoms with Crippen LogP contribution in [0.5, 0.6) is 0 Å². The predicted octanol–water partition coefficient (Wildman–Crippen LogP) is 4.64. The number of rotatable bonds is 5. The number of nitrogens with one attached hydrogen (secondary N) is 1. The summed E-state index contributed by atoms with van der Waals surface area (Å²) in [7, 11) is 0. The molecular formula is C27H18N4O2. The number of carbonyl (C=O) groups is 2. The third kappa shape index (κ3) is 3.84. The summed E-state index contributed by atoms with van der Waals surface area (Å²) in [6.45, 7) is 0.422. The molecule has 6 heteroatoms. The molecule has 0 aliphatic carbocycles. The Morgan fingerprint density at radius 2 is 1.70 bits per heavy atom. The van der Waals surface area contributed by atoms with Crippen molar-refractivity contribution in [2.75, 3.05) is 4.90 Å². The van der Waals surface area contributed by atoms with Crippen LogP contribution in [0.2, 0.25) is 0 Å². The van der Waals surface area contributed by atoms with E-state index in [0.717, 1.165) is 33.2 Å². The van der Waals surface area contributed by atoms with E-state index >= 15 is 0 Å². The molecule has 1 N–H and O–H groups in total. The van der Waals surface area contributed by atoms with Crippen LogP contribution in [0.3, 0.4) is 0 Å². The number of anilines is 1. The molecule has 0 aromatic heterocycles. The average molecular weight is 430 g/mol. The van der Waals surface area contributed by atoms with Gasteiger partial charge in [-0.25, -0.2) is 5.43 Å². The Labute approximate surface area is 190 Å².